The molecule has 0 bridgehead atoms. The fourth-order valence-corrected chi connectivity index (χ4v) is 1.51. The minimum absolute atomic E-state index is 0. The number of imide groups is 1. The Morgan fingerprint density at radius 3 is 2.21 bits per heavy atom. The van der Waals surface area contributed by atoms with Gasteiger partial charge in [-0.1, -0.05) is 20.3 Å². The first-order valence-electron chi connectivity index (χ1n) is 5.41. The van der Waals surface area contributed by atoms with Crippen molar-refractivity contribution in [3.05, 3.63) is 6.15 Å². The Morgan fingerprint density at radius 1 is 1.32 bits per heavy atom. The van der Waals surface area contributed by atoms with Gasteiger partial charge in [0.15, 0.2) is 0 Å². The van der Waals surface area contributed by atoms with Gasteiger partial charge in [0.25, 0.3) is 11.8 Å². The number of carbonyl (C=O) groups is 3. The van der Waals surface area contributed by atoms with Crippen molar-refractivity contribution >= 4 is 24.1 Å². The van der Waals surface area contributed by atoms with Gasteiger partial charge < -0.3 is 15.8 Å². The molecule has 1 fully saturated rings. The Bertz CT molecular complexity index is 345. The minimum atomic E-state index is -0.685. The van der Waals surface area contributed by atoms with Gasteiger partial charge >= 0.3 is 38.7 Å². The molecule has 0 aromatic rings. The van der Waals surface area contributed by atoms with E-state index in [1.54, 1.807) is 20.1 Å². The maximum Gasteiger partial charge on any atom is 3.00 e. The predicted octanol–water partition coefficient (Wildman–Crippen LogP) is 1.08. The number of nitrogens with two attached hydrogens (primary N) is 1. The monoisotopic (exact) mass is 345 g/mol. The second kappa shape index (κ2) is 9.28. The summed E-state index contributed by atoms with van der Waals surface area (Å²) in [7, 11) is 0. The Hall–Kier alpha value is -0.656. The van der Waals surface area contributed by atoms with Gasteiger partial charge in [-0.2, -0.15) is 0 Å². The molecule has 2 unspecified atom stereocenters. The van der Waals surface area contributed by atoms with E-state index in [4.69, 9.17) is 4.84 Å². The van der Waals surface area contributed by atoms with Crippen LogP contribution >= 0.6 is 0 Å². The second-order valence-corrected chi connectivity index (χ2v) is 4.15. The number of hydroxylamine groups is 2. The van der Waals surface area contributed by atoms with E-state index in [1.165, 1.54) is 0 Å². The van der Waals surface area contributed by atoms with Crippen LogP contribution in [0.2, 0.25) is 0 Å². The van der Waals surface area contributed by atoms with Gasteiger partial charge in [-0.15, -0.1) is 11.0 Å². The van der Waals surface area contributed by atoms with Gasteiger partial charge in [0, 0.05) is 12.8 Å². The van der Waals surface area contributed by atoms with Crippen molar-refractivity contribution < 1.29 is 56.7 Å². The van der Waals surface area contributed by atoms with Crippen molar-refractivity contribution in [3.8, 4) is 0 Å². The first-order chi connectivity index (χ1) is 7.95. The van der Waals surface area contributed by atoms with Crippen LogP contribution in [-0.2, 0) is 56.7 Å². The van der Waals surface area contributed by atoms with Gasteiger partial charge in [0.2, 0.25) is 0 Å². The molecule has 0 aliphatic carbocycles. The van der Waals surface area contributed by atoms with Crippen LogP contribution in [0.4, 0.5) is 0 Å². The second-order valence-electron chi connectivity index (χ2n) is 4.15. The summed E-state index contributed by atoms with van der Waals surface area (Å²) < 4.78 is 0. The van der Waals surface area contributed by atoms with Crippen LogP contribution in [0.5, 0.6) is 0 Å². The summed E-state index contributed by atoms with van der Waals surface area (Å²) in [4.78, 5) is 48.9. The number of amides is 2. The van der Waals surface area contributed by atoms with E-state index in [0.29, 0.717) is 5.06 Å². The molecule has 0 spiro atoms. The summed E-state index contributed by atoms with van der Waals surface area (Å²) in [6.07, 6.45) is 2.17. The largest absolute Gasteiger partial charge is 3.00 e. The fraction of sp³-hybridized carbons (Fsp3) is 0.636. The molecule has 2 amide bonds. The summed E-state index contributed by atoms with van der Waals surface area (Å²) in [6.45, 7) is 3.20. The number of hydrogen-bond acceptors (Lipinski definition) is 5. The van der Waals surface area contributed by atoms with E-state index in [1.807, 2.05) is 0 Å². The molecule has 8 heteroatoms. The third-order valence-corrected chi connectivity index (χ3v) is 2.50. The van der Waals surface area contributed by atoms with E-state index in [9.17, 15) is 19.2 Å². The Kier molecular flexibility index (Phi) is 10.1. The molecule has 2 atom stereocenters. The van der Waals surface area contributed by atoms with Gasteiger partial charge in [-0.3, -0.25) is 15.9 Å². The molecule has 0 saturated carbocycles. The third-order valence-electron chi connectivity index (χ3n) is 2.50. The van der Waals surface area contributed by atoms with Crippen LogP contribution in [0.15, 0.2) is 0 Å². The van der Waals surface area contributed by atoms with Crippen LogP contribution in [0.25, 0.3) is 6.15 Å². The zero-order valence-electron chi connectivity index (χ0n) is 10.9. The summed E-state index contributed by atoms with van der Waals surface area (Å²) in [5.41, 5.74) is 0. The molecule has 1 rings (SSSR count). The maximum absolute atomic E-state index is 11.5. The molecule has 19 heavy (non-hydrogen) atoms. The van der Waals surface area contributed by atoms with Gasteiger partial charge in [0.05, 0.1) is 5.92 Å². The van der Waals surface area contributed by atoms with Crippen LogP contribution < -0.4 is 0 Å². The molecule has 1 saturated heterocycles. The molecule has 0 aromatic carbocycles. The fourth-order valence-electron chi connectivity index (χ4n) is 1.51. The summed E-state index contributed by atoms with van der Waals surface area (Å²) in [5, 5.41) is 0.508. The molecule has 102 valence electrons. The topological polar surface area (TPSA) is 114 Å². The van der Waals surface area contributed by atoms with Crippen molar-refractivity contribution in [2.75, 3.05) is 0 Å². The Labute approximate surface area is 136 Å². The van der Waals surface area contributed by atoms with Gasteiger partial charge in [0.1, 0.15) is 0 Å². The van der Waals surface area contributed by atoms with Crippen LogP contribution in [0.3, 0.4) is 0 Å². The molecule has 1 heterocycles. The Balaban J connectivity index is 0. The summed E-state index contributed by atoms with van der Waals surface area (Å²) in [5.74, 6) is -2.65. The van der Waals surface area contributed by atoms with Gasteiger partial charge in [-0.05, 0) is 0 Å². The van der Waals surface area contributed by atoms with Crippen molar-refractivity contribution in [1.82, 2.24) is 5.06 Å². The summed E-state index contributed by atoms with van der Waals surface area (Å²) >= 11 is 0. The van der Waals surface area contributed by atoms with Crippen molar-refractivity contribution in [2.45, 2.75) is 33.1 Å². The number of rotatable bonds is 5. The molecule has 7 nitrogen and oxygen atoms in total. The van der Waals surface area contributed by atoms with Crippen LogP contribution in [0.1, 0.15) is 33.1 Å². The van der Waals surface area contributed by atoms with E-state index in [2.05, 4.69) is 0 Å². The van der Waals surface area contributed by atoms with Crippen LogP contribution in [-0.4, -0.2) is 29.1 Å². The van der Waals surface area contributed by atoms with E-state index < -0.39 is 23.7 Å². The Morgan fingerprint density at radius 2 is 1.79 bits per heavy atom. The number of hydrogen-bond donors (Lipinski definition) is 0. The van der Waals surface area contributed by atoms with Crippen LogP contribution in [0, 0.1) is 11.8 Å². The standard InChI is InChI=1S/C11H14NO5.H2N.Y/c1-7(6-13)5-8(2)11(16)17-12-9(14)3-4-10(12)15;;/h7-8H,3-5H2,1-2H3;1H2;/q2*-1;+3. The zero-order valence-corrected chi connectivity index (χ0v) is 13.8. The smallest absolute Gasteiger partial charge is 0.693 e. The number of nitrogens with zero attached hydrogens (tertiary/aromatic N) is 1. The van der Waals surface area contributed by atoms with Crippen molar-refractivity contribution in [1.29, 1.82) is 0 Å². The molecule has 1 aliphatic heterocycles. The summed E-state index contributed by atoms with van der Waals surface area (Å²) in [6, 6.07) is 0. The molecular formula is C11H16N2O5Y+. The zero-order chi connectivity index (χ0) is 13.0. The van der Waals surface area contributed by atoms with E-state index in [-0.39, 0.29) is 64.0 Å². The average Bonchev–Trinajstić information content (AvgIpc) is 2.60. The quantitative estimate of drug-likeness (QED) is 0.546. The van der Waals surface area contributed by atoms with Crippen molar-refractivity contribution in [3.63, 3.8) is 0 Å². The molecule has 0 radical (unpaired) electrons. The normalized spacial score (nSPS) is 17.1. The van der Waals surface area contributed by atoms with E-state index in [0.717, 1.165) is 0 Å². The average molecular weight is 345 g/mol. The molecular weight excluding hydrogens is 329 g/mol. The molecule has 2 N–H and O–H groups in total. The maximum atomic E-state index is 11.5. The third kappa shape index (κ3) is 5.88. The minimum Gasteiger partial charge on any atom is -0.693 e. The first kappa shape index (κ1) is 20.7. The molecule has 0 aromatic heterocycles. The number of carbonyl (C=O) groups excluding carboxylic acids is 4. The molecule has 1 aliphatic rings. The van der Waals surface area contributed by atoms with Crippen molar-refractivity contribution in [2.24, 2.45) is 11.8 Å². The first-order valence-corrected chi connectivity index (χ1v) is 5.41. The van der Waals surface area contributed by atoms with Gasteiger partial charge in [-0.25, -0.2) is 4.79 Å². The SMILES string of the molecule is CC([C-]=O)CC(C)C(=O)ON1C(=O)CCC1=O.[NH2-].[Y+3]. The predicted molar refractivity (Wildman–Crippen MR) is 61.1 cm³/mol. The van der Waals surface area contributed by atoms with E-state index >= 15 is 0 Å².